The summed E-state index contributed by atoms with van der Waals surface area (Å²) in [6.07, 6.45) is 27.7. The molecule has 0 bridgehead atoms. The van der Waals surface area contributed by atoms with E-state index in [1.165, 1.54) is 128 Å². The van der Waals surface area contributed by atoms with Crippen LogP contribution in [-0.4, -0.2) is 19.7 Å². The molecule has 0 aromatic heterocycles. The Balaban J connectivity index is 3.13. The Morgan fingerprint density at radius 1 is 0.385 bits per heavy atom. The summed E-state index contributed by atoms with van der Waals surface area (Å²) < 4.78 is 14.4. The third-order valence-corrected chi connectivity index (χ3v) is 10.8. The number of rotatable bonds is 22. The summed E-state index contributed by atoms with van der Waals surface area (Å²) >= 11 is -2.16. The van der Waals surface area contributed by atoms with Crippen molar-refractivity contribution in [1.82, 2.24) is 0 Å². The Kier molecular flexibility index (Phi) is 24.2. The summed E-state index contributed by atoms with van der Waals surface area (Å²) in [6.45, 7) is 4.56. The van der Waals surface area contributed by atoms with Gasteiger partial charge in [0.1, 0.15) is 0 Å². The molecule has 156 valence electrons. The van der Waals surface area contributed by atoms with E-state index in [1.807, 2.05) is 0 Å². The third-order valence-electron chi connectivity index (χ3n) is 5.62. The third kappa shape index (κ3) is 22.6. The van der Waals surface area contributed by atoms with E-state index in [1.54, 1.807) is 0 Å². The molecule has 0 atom stereocenters. The molecule has 0 fully saturated rings. The Morgan fingerprint density at radius 2 is 0.615 bits per heavy atom. The summed E-state index contributed by atoms with van der Waals surface area (Å²) in [7, 11) is 0. The molecule has 0 spiro atoms. The molecule has 0 aliphatic carbocycles. The van der Waals surface area contributed by atoms with Crippen molar-refractivity contribution >= 4 is 19.7 Å². The van der Waals surface area contributed by atoms with Gasteiger partial charge in [-0.05, 0) is 0 Å². The van der Waals surface area contributed by atoms with E-state index in [0.717, 1.165) is 8.87 Å². The zero-order valence-corrected chi connectivity index (χ0v) is 21.3. The molecular formula is C24H50OSn. The van der Waals surface area contributed by atoms with Crippen LogP contribution >= 0.6 is 0 Å². The van der Waals surface area contributed by atoms with Gasteiger partial charge in [-0.1, -0.05) is 0 Å². The standard InChI is InChI=1S/2C12H25.O.Sn/c2*1-3-5-7-9-11-12-10-8-6-4-2;;/h2*1,3-12H2,2H3;;. The molecule has 1 nitrogen and oxygen atoms in total. The van der Waals surface area contributed by atoms with Gasteiger partial charge in [0.05, 0.1) is 0 Å². The first-order valence-electron chi connectivity index (χ1n) is 12.3. The normalized spacial score (nSPS) is 11.2. The molecule has 0 aromatic carbocycles. The van der Waals surface area contributed by atoms with Gasteiger partial charge in [0, 0.05) is 0 Å². The van der Waals surface area contributed by atoms with Gasteiger partial charge in [0.25, 0.3) is 0 Å². The van der Waals surface area contributed by atoms with Crippen molar-refractivity contribution in [2.45, 2.75) is 151 Å². The van der Waals surface area contributed by atoms with E-state index in [9.17, 15) is 3.08 Å². The van der Waals surface area contributed by atoms with Crippen LogP contribution in [0.2, 0.25) is 8.87 Å². The SMILES string of the molecule is CCCCCCCCCCC[CH2][Sn](=[O])[CH2]CCCCCCCCCCC. The van der Waals surface area contributed by atoms with Crippen LogP contribution in [0.15, 0.2) is 0 Å². The van der Waals surface area contributed by atoms with Crippen LogP contribution in [0.3, 0.4) is 0 Å². The molecule has 0 radical (unpaired) electrons. The quantitative estimate of drug-likeness (QED) is 0.113. The van der Waals surface area contributed by atoms with E-state index in [-0.39, 0.29) is 0 Å². The first-order chi connectivity index (χ1) is 12.8. The van der Waals surface area contributed by atoms with Crippen molar-refractivity contribution in [2.75, 3.05) is 0 Å². The van der Waals surface area contributed by atoms with E-state index < -0.39 is 19.7 Å². The molecule has 0 unspecified atom stereocenters. The minimum atomic E-state index is -2.16. The fourth-order valence-corrected chi connectivity index (χ4v) is 8.14. The molecule has 2 heteroatoms. The maximum atomic E-state index is 12.2. The molecule has 0 saturated heterocycles. The molecule has 0 amide bonds. The zero-order chi connectivity index (χ0) is 19.1. The van der Waals surface area contributed by atoms with E-state index in [4.69, 9.17) is 0 Å². The van der Waals surface area contributed by atoms with Gasteiger partial charge in [-0.25, -0.2) is 0 Å². The van der Waals surface area contributed by atoms with Crippen molar-refractivity contribution in [3.05, 3.63) is 0 Å². The first-order valence-corrected chi connectivity index (χ1v) is 17.5. The van der Waals surface area contributed by atoms with Crippen LogP contribution < -0.4 is 0 Å². The Bertz CT molecular complexity index is 251. The first kappa shape index (κ1) is 26.6. The Labute approximate surface area is 173 Å². The van der Waals surface area contributed by atoms with Gasteiger partial charge < -0.3 is 0 Å². The predicted octanol–water partition coefficient (Wildman–Crippen LogP) is 9.25. The molecular weight excluding hydrogens is 423 g/mol. The van der Waals surface area contributed by atoms with Crippen molar-refractivity contribution < 1.29 is 3.08 Å². The second-order valence-electron chi connectivity index (χ2n) is 8.40. The van der Waals surface area contributed by atoms with Gasteiger partial charge in [0.2, 0.25) is 0 Å². The average molecular weight is 473 g/mol. The monoisotopic (exact) mass is 474 g/mol. The molecule has 0 N–H and O–H groups in total. The van der Waals surface area contributed by atoms with Crippen LogP contribution in [0.4, 0.5) is 0 Å². The summed E-state index contributed by atoms with van der Waals surface area (Å²) in [6, 6.07) is 0. The number of hydrogen-bond donors (Lipinski definition) is 0. The molecule has 0 heterocycles. The molecule has 0 aliphatic heterocycles. The van der Waals surface area contributed by atoms with Gasteiger partial charge in [-0.2, -0.15) is 0 Å². The second-order valence-corrected chi connectivity index (χ2v) is 14.3. The van der Waals surface area contributed by atoms with Crippen LogP contribution in [-0.2, 0) is 3.08 Å². The van der Waals surface area contributed by atoms with Gasteiger partial charge in [0.15, 0.2) is 0 Å². The summed E-state index contributed by atoms with van der Waals surface area (Å²) in [4.78, 5) is 0. The maximum absolute atomic E-state index is 12.2. The molecule has 0 saturated carbocycles. The van der Waals surface area contributed by atoms with E-state index >= 15 is 0 Å². The van der Waals surface area contributed by atoms with Gasteiger partial charge in [-0.3, -0.25) is 0 Å². The van der Waals surface area contributed by atoms with Crippen molar-refractivity contribution in [3.8, 4) is 0 Å². The zero-order valence-electron chi connectivity index (χ0n) is 18.5. The minimum absolute atomic E-state index is 1.12. The summed E-state index contributed by atoms with van der Waals surface area (Å²) in [5.41, 5.74) is 0. The molecule has 0 rings (SSSR count). The fourth-order valence-electron chi connectivity index (χ4n) is 3.74. The van der Waals surface area contributed by atoms with Crippen molar-refractivity contribution in [3.63, 3.8) is 0 Å². The Hall–Kier alpha value is 0.599. The molecule has 0 aromatic rings. The topological polar surface area (TPSA) is 17.1 Å². The van der Waals surface area contributed by atoms with Crippen LogP contribution in [0.25, 0.3) is 0 Å². The average Bonchev–Trinajstić information content (AvgIpc) is 2.64. The summed E-state index contributed by atoms with van der Waals surface area (Å²) in [5, 5.41) is 0. The molecule has 0 aliphatic rings. The van der Waals surface area contributed by atoms with Crippen molar-refractivity contribution in [2.24, 2.45) is 0 Å². The number of unbranched alkanes of at least 4 members (excludes halogenated alkanes) is 18. The molecule has 26 heavy (non-hydrogen) atoms. The number of hydrogen-bond acceptors (Lipinski definition) is 1. The second kappa shape index (κ2) is 23.6. The van der Waals surface area contributed by atoms with Crippen LogP contribution in [0.5, 0.6) is 0 Å². The van der Waals surface area contributed by atoms with Crippen LogP contribution in [0.1, 0.15) is 142 Å². The van der Waals surface area contributed by atoms with E-state index in [2.05, 4.69) is 13.8 Å². The van der Waals surface area contributed by atoms with Gasteiger partial charge >= 0.3 is 174 Å². The summed E-state index contributed by atoms with van der Waals surface area (Å²) in [5.74, 6) is 0. The Morgan fingerprint density at radius 3 is 0.885 bits per heavy atom. The van der Waals surface area contributed by atoms with Gasteiger partial charge in [-0.15, -0.1) is 0 Å². The van der Waals surface area contributed by atoms with E-state index in [0.29, 0.717) is 0 Å². The van der Waals surface area contributed by atoms with Crippen molar-refractivity contribution in [1.29, 1.82) is 0 Å². The van der Waals surface area contributed by atoms with Crippen LogP contribution in [0, 0.1) is 0 Å². The predicted molar refractivity (Wildman–Crippen MR) is 120 cm³/mol. The fraction of sp³-hybridized carbons (Fsp3) is 1.00.